The molecule has 1 aliphatic carbocycles. The van der Waals surface area contributed by atoms with Gasteiger partial charge >= 0.3 is 35.0 Å². The van der Waals surface area contributed by atoms with Crippen molar-refractivity contribution in [3.8, 4) is 0 Å². The molecule has 6 rings (SSSR count). The summed E-state index contributed by atoms with van der Waals surface area (Å²) in [5, 5.41) is 0. The molecule has 0 aromatic carbocycles. The minimum atomic E-state index is -1.21. The zero-order valence-electron chi connectivity index (χ0n) is 42.2. The third-order valence-corrected chi connectivity index (χ3v) is 14.9. The van der Waals surface area contributed by atoms with Crippen LogP contribution in [0, 0.1) is 31.6 Å². The fraction of sp³-hybridized carbons (Fsp3) is 0.600. The Hall–Kier alpha value is -4.09. The van der Waals surface area contributed by atoms with E-state index in [9.17, 15) is 19.2 Å². The molecule has 2 N–H and O–H groups in total. The quantitative estimate of drug-likeness (QED) is 0.0375. The van der Waals surface area contributed by atoms with E-state index < -0.39 is 11.9 Å². The number of nitrogens with one attached hydrogen (secondary N) is 2. The molecule has 8 bridgehead atoms. The van der Waals surface area contributed by atoms with Gasteiger partial charge in [0.1, 0.15) is 12.5 Å². The molecular weight excluding hydrogens is 837 g/mol. The number of Topliss-reactive ketones (excluding diaryl/α,β-unsaturated/α-hetero) is 2. The number of aryl methyl sites for hydroxylation is 2. The third-order valence-electron chi connectivity index (χ3n) is 14.9. The van der Waals surface area contributed by atoms with E-state index in [1.165, 1.54) is 57.6 Å². The average molecular weight is 914 g/mol. The molecule has 3 aromatic rings. The molecule has 3 aliphatic rings. The Morgan fingerprint density at radius 2 is 1.36 bits per heavy atom. The molecular formula is C55H76MgN4O6+2. The Labute approximate surface area is 409 Å². The second kappa shape index (κ2) is 23.3. The van der Waals surface area contributed by atoms with Crippen LogP contribution in [0.3, 0.4) is 0 Å². The number of aromatic amines is 2. The van der Waals surface area contributed by atoms with Gasteiger partial charge in [-0.3, -0.25) is 29.1 Å². The summed E-state index contributed by atoms with van der Waals surface area (Å²) in [5.74, 6) is -0.573. The normalized spacial score (nSPS) is 20.0. The second-order valence-corrected chi connectivity index (χ2v) is 20.3. The number of nitrogens with zero attached hydrogens (tertiary/aromatic N) is 2. The van der Waals surface area contributed by atoms with Crippen molar-refractivity contribution in [3.63, 3.8) is 0 Å². The molecule has 2 aliphatic heterocycles. The van der Waals surface area contributed by atoms with Crippen LogP contribution in [-0.2, 0) is 19.1 Å². The number of fused-ring (bicyclic) bond motifs is 8. The first-order valence-electron chi connectivity index (χ1n) is 24.7. The fourth-order valence-electron chi connectivity index (χ4n) is 10.8. The average Bonchev–Trinajstić information content (AvgIpc) is 4.00. The third kappa shape index (κ3) is 11.8. The number of hydrogen-bond acceptors (Lipinski definition) is 8. The number of H-pyrrole nitrogens is 2. The molecule has 3 aromatic heterocycles. The molecule has 10 nitrogen and oxygen atoms in total. The van der Waals surface area contributed by atoms with Crippen molar-refractivity contribution in [1.29, 1.82) is 0 Å². The summed E-state index contributed by atoms with van der Waals surface area (Å²) in [7, 11) is 1.30. The summed E-state index contributed by atoms with van der Waals surface area (Å²) in [5.41, 5.74) is 10.1. The molecule has 66 heavy (non-hydrogen) atoms. The van der Waals surface area contributed by atoms with E-state index in [0.29, 0.717) is 45.8 Å². The summed E-state index contributed by atoms with van der Waals surface area (Å²) in [6, 6.07) is 5.99. The second-order valence-electron chi connectivity index (χ2n) is 20.3. The number of aromatic nitrogens is 4. The predicted molar refractivity (Wildman–Crippen MR) is 267 cm³/mol. The summed E-state index contributed by atoms with van der Waals surface area (Å²) in [4.78, 5) is 72.1. The number of ketones is 2. The molecule has 0 radical (unpaired) electrons. The Morgan fingerprint density at radius 1 is 0.773 bits per heavy atom. The minimum Gasteiger partial charge on any atom is -0.468 e. The van der Waals surface area contributed by atoms with Gasteiger partial charge < -0.3 is 19.4 Å². The molecule has 0 amide bonds. The van der Waals surface area contributed by atoms with E-state index in [4.69, 9.17) is 19.4 Å². The van der Waals surface area contributed by atoms with Crippen molar-refractivity contribution in [2.75, 3.05) is 13.7 Å². The Morgan fingerprint density at radius 3 is 2.00 bits per heavy atom. The Kier molecular flexibility index (Phi) is 18.6. The van der Waals surface area contributed by atoms with Gasteiger partial charge in [-0.05, 0) is 107 Å². The number of ether oxygens (including phenoxy) is 2. The van der Waals surface area contributed by atoms with Gasteiger partial charge in [0.2, 0.25) is 0 Å². The van der Waals surface area contributed by atoms with Gasteiger partial charge in [0.15, 0.2) is 11.6 Å². The van der Waals surface area contributed by atoms with E-state index in [1.54, 1.807) is 6.92 Å². The van der Waals surface area contributed by atoms with E-state index in [-0.39, 0.29) is 77.3 Å². The minimum absolute atomic E-state index is 0. The first-order chi connectivity index (χ1) is 30.9. The van der Waals surface area contributed by atoms with Crippen LogP contribution in [0.1, 0.15) is 229 Å². The summed E-state index contributed by atoms with van der Waals surface area (Å²) < 4.78 is 11.1. The molecule has 5 heterocycles. The van der Waals surface area contributed by atoms with Gasteiger partial charge in [-0.1, -0.05) is 99.0 Å². The molecule has 7 atom stereocenters. The van der Waals surface area contributed by atoms with Gasteiger partial charge in [0, 0.05) is 74.9 Å². The van der Waals surface area contributed by atoms with Gasteiger partial charge in [0.25, 0.3) is 0 Å². The van der Waals surface area contributed by atoms with Crippen LogP contribution in [0.15, 0.2) is 29.8 Å². The molecule has 0 spiro atoms. The number of carbonyl (C=O) groups excluding carboxylic acids is 4. The van der Waals surface area contributed by atoms with E-state index in [1.807, 2.05) is 38.1 Å². The maximum atomic E-state index is 14.4. The van der Waals surface area contributed by atoms with Crippen molar-refractivity contribution in [3.05, 3.63) is 80.4 Å². The molecule has 11 heteroatoms. The topological polar surface area (TPSA) is 144 Å². The molecule has 0 saturated heterocycles. The SMILES string of the molecule is CC[C@@H]1c2cc3[nH]c4c(c3C)C(=O)[C@@H](C(=O)OC)c4c3nc(cc4[nH]c(cc(n2)[C@H]1C)c(C(C)=O)c4C)[C@@H](C)[C@@H]3CCC(=O)OC/C=C(\C)CCC[C@H](C)CCC[C@H](C)CCCC(C)C.[Mg+2]. The van der Waals surface area contributed by atoms with E-state index in [2.05, 4.69) is 65.4 Å². The molecule has 0 saturated carbocycles. The van der Waals surface area contributed by atoms with Crippen LogP contribution in [0.2, 0.25) is 0 Å². The van der Waals surface area contributed by atoms with Crippen LogP contribution in [0.25, 0.3) is 22.1 Å². The van der Waals surface area contributed by atoms with Gasteiger partial charge in [-0.15, -0.1) is 0 Å². The van der Waals surface area contributed by atoms with E-state index in [0.717, 1.165) is 70.3 Å². The standard InChI is InChI=1S/C55H76N4O6.Mg/c1-13-39-34(7)41-29-46-48(38(11)60)36(9)43(57-46)27-42-35(8)40(52(58-42)50-51(55(63)64-12)54(62)49-37(10)44(59-53(49)50)28-45(39)56-41)23-24-47(61)65-26-25-33(6)22-16-21-32(5)20-15-19-31(4)18-14-17-30(2)3;/h25,27-32,34-35,39-40,51,57,59H,13-24,26H2,1-12H3;/q;+2/b33-25+,41-29?,42-27?,43-27?,44-28?,45-28?,46-29?,52-50?;/t31-,32-,34+,35+,39+,40+,51+;/m1./s1. The van der Waals surface area contributed by atoms with Gasteiger partial charge in [-0.2, -0.15) is 0 Å². The molecule has 0 fully saturated rings. The van der Waals surface area contributed by atoms with Crippen molar-refractivity contribution < 1.29 is 28.7 Å². The first-order valence-corrected chi connectivity index (χ1v) is 24.7. The number of hydrogen-bond donors (Lipinski definition) is 2. The molecule has 352 valence electrons. The summed E-state index contributed by atoms with van der Waals surface area (Å²) in [6.07, 6.45) is 14.6. The van der Waals surface area contributed by atoms with Crippen LogP contribution in [0.4, 0.5) is 0 Å². The van der Waals surface area contributed by atoms with Crippen molar-refractivity contribution in [2.45, 2.75) is 183 Å². The number of esters is 2. The number of allylic oxidation sites excluding steroid dienone is 1. The number of methoxy groups -OCH3 is 1. The van der Waals surface area contributed by atoms with Crippen molar-refractivity contribution in [2.24, 2.45) is 17.8 Å². The molecule has 0 unspecified atom stereocenters. The van der Waals surface area contributed by atoms with Crippen molar-refractivity contribution >= 4 is 68.6 Å². The fourth-order valence-corrected chi connectivity index (χ4v) is 10.8. The maximum absolute atomic E-state index is 14.4. The smallest absolute Gasteiger partial charge is 0.468 e. The van der Waals surface area contributed by atoms with Gasteiger partial charge in [-0.25, -0.2) is 0 Å². The van der Waals surface area contributed by atoms with Crippen LogP contribution in [-0.4, -0.2) is 80.2 Å². The summed E-state index contributed by atoms with van der Waals surface area (Å²) in [6.45, 7) is 23.5. The van der Waals surface area contributed by atoms with E-state index >= 15 is 0 Å². The van der Waals surface area contributed by atoms with Crippen LogP contribution in [0.5, 0.6) is 0 Å². The number of rotatable bonds is 20. The predicted octanol–water partition coefficient (Wildman–Crippen LogP) is 13.1. The van der Waals surface area contributed by atoms with Crippen LogP contribution >= 0.6 is 0 Å². The number of carbonyl (C=O) groups is 4. The first kappa shape index (κ1) is 52.9. The monoisotopic (exact) mass is 913 g/mol. The zero-order valence-corrected chi connectivity index (χ0v) is 43.6. The van der Waals surface area contributed by atoms with Crippen LogP contribution < -0.4 is 0 Å². The maximum Gasteiger partial charge on any atom is 2.00 e. The largest absolute Gasteiger partial charge is 2.00 e. The summed E-state index contributed by atoms with van der Waals surface area (Å²) >= 11 is 0. The van der Waals surface area contributed by atoms with Crippen molar-refractivity contribution in [1.82, 2.24) is 19.9 Å². The zero-order chi connectivity index (χ0) is 47.3. The van der Waals surface area contributed by atoms with Gasteiger partial charge in [0.05, 0.1) is 23.8 Å². The Balaban J connectivity index is 0.00000817. The Bertz CT molecular complexity index is 2460.